The number of nitro groups is 1. The first-order valence-electron chi connectivity index (χ1n) is 5.95. The Labute approximate surface area is 114 Å². The molecule has 6 heteroatoms. The molecule has 6 nitrogen and oxygen atoms in total. The molecular weight excluding hydrogens is 260 g/mol. The van der Waals surface area contributed by atoms with Crippen molar-refractivity contribution in [3.8, 4) is 5.75 Å². The van der Waals surface area contributed by atoms with Gasteiger partial charge in [0.25, 0.3) is 11.6 Å². The number of phenolic OH excluding ortho intramolecular Hbond substituents is 1. The smallest absolute Gasteiger partial charge is 0.269 e. The molecule has 0 unspecified atom stereocenters. The molecule has 0 fully saturated rings. The normalized spacial score (nSPS) is 13.4. The third-order valence-corrected chi connectivity index (χ3v) is 3.32. The Balaban J connectivity index is 1.96. The maximum Gasteiger partial charge on any atom is 0.269 e. The number of fused-ring (bicyclic) bond motifs is 1. The van der Waals surface area contributed by atoms with E-state index < -0.39 is 4.92 Å². The van der Waals surface area contributed by atoms with Crippen LogP contribution in [0.2, 0.25) is 0 Å². The number of non-ortho nitro benzene ring substituents is 1. The second-order valence-electron chi connectivity index (χ2n) is 4.47. The van der Waals surface area contributed by atoms with E-state index in [1.165, 1.54) is 35.2 Å². The number of rotatable bonds is 2. The second-order valence-corrected chi connectivity index (χ2v) is 4.47. The zero-order chi connectivity index (χ0) is 14.3. The van der Waals surface area contributed by atoms with Gasteiger partial charge in [0.15, 0.2) is 0 Å². The van der Waals surface area contributed by atoms with Crippen molar-refractivity contribution in [3.63, 3.8) is 0 Å². The fraction of sp³-hybridized carbons (Fsp3) is 0.0714. The predicted octanol–water partition coefficient (Wildman–Crippen LogP) is 2.46. The van der Waals surface area contributed by atoms with Crippen molar-refractivity contribution in [1.29, 1.82) is 0 Å². The van der Waals surface area contributed by atoms with E-state index in [1.54, 1.807) is 12.1 Å². The molecule has 3 rings (SSSR count). The van der Waals surface area contributed by atoms with Gasteiger partial charge >= 0.3 is 0 Å². The number of aromatic hydroxyl groups is 1. The SMILES string of the molecule is O=C1c2cccc(O)c2CN1c1ccc([N+](=O)[O-])cc1. The van der Waals surface area contributed by atoms with E-state index in [1.807, 2.05) is 0 Å². The van der Waals surface area contributed by atoms with E-state index in [9.17, 15) is 20.0 Å². The third kappa shape index (κ3) is 1.78. The average Bonchev–Trinajstić information content (AvgIpc) is 2.78. The first kappa shape index (κ1) is 12.2. The Bertz CT molecular complexity index is 710. The highest BCUT2D eigenvalue weighted by Gasteiger charge is 2.30. The highest BCUT2D eigenvalue weighted by molar-refractivity contribution is 6.10. The van der Waals surface area contributed by atoms with Crippen molar-refractivity contribution in [2.75, 3.05) is 4.90 Å². The Morgan fingerprint density at radius 2 is 1.85 bits per heavy atom. The number of nitro benzene ring substituents is 1. The van der Waals surface area contributed by atoms with Gasteiger partial charge in [-0.15, -0.1) is 0 Å². The topological polar surface area (TPSA) is 83.7 Å². The molecule has 2 aromatic rings. The number of amides is 1. The van der Waals surface area contributed by atoms with Crippen molar-refractivity contribution < 1.29 is 14.8 Å². The number of anilines is 1. The van der Waals surface area contributed by atoms with Crippen molar-refractivity contribution >= 4 is 17.3 Å². The van der Waals surface area contributed by atoms with Crippen molar-refractivity contribution in [3.05, 3.63) is 63.7 Å². The molecule has 100 valence electrons. The lowest BCUT2D eigenvalue weighted by molar-refractivity contribution is -0.384. The van der Waals surface area contributed by atoms with Gasteiger partial charge in [-0.25, -0.2) is 0 Å². The molecule has 1 aliphatic heterocycles. The summed E-state index contributed by atoms with van der Waals surface area (Å²) in [6, 6.07) is 10.6. The zero-order valence-electron chi connectivity index (χ0n) is 10.3. The van der Waals surface area contributed by atoms with Crippen LogP contribution in [0.5, 0.6) is 5.75 Å². The first-order chi connectivity index (χ1) is 9.58. The summed E-state index contributed by atoms with van der Waals surface area (Å²) in [6.07, 6.45) is 0. The van der Waals surface area contributed by atoms with Gasteiger partial charge in [0.2, 0.25) is 0 Å². The molecule has 0 radical (unpaired) electrons. The highest BCUT2D eigenvalue weighted by atomic mass is 16.6. The summed E-state index contributed by atoms with van der Waals surface area (Å²) < 4.78 is 0. The maximum absolute atomic E-state index is 12.2. The van der Waals surface area contributed by atoms with Crippen LogP contribution < -0.4 is 4.90 Å². The summed E-state index contributed by atoms with van der Waals surface area (Å²) in [5.74, 6) is -0.134. The summed E-state index contributed by atoms with van der Waals surface area (Å²) in [7, 11) is 0. The number of benzene rings is 2. The molecule has 20 heavy (non-hydrogen) atoms. The largest absolute Gasteiger partial charge is 0.508 e. The number of nitrogens with zero attached hydrogens (tertiary/aromatic N) is 2. The van der Waals surface area contributed by atoms with Crippen LogP contribution in [0.25, 0.3) is 0 Å². The van der Waals surface area contributed by atoms with Gasteiger partial charge in [0.05, 0.1) is 11.5 Å². The van der Waals surface area contributed by atoms with Crippen LogP contribution in [0.15, 0.2) is 42.5 Å². The summed E-state index contributed by atoms with van der Waals surface area (Å²) in [6.45, 7) is 0.263. The van der Waals surface area contributed by atoms with E-state index >= 15 is 0 Å². The van der Waals surface area contributed by atoms with E-state index in [4.69, 9.17) is 0 Å². The van der Waals surface area contributed by atoms with Crippen LogP contribution in [0, 0.1) is 10.1 Å². The van der Waals surface area contributed by atoms with Crippen LogP contribution >= 0.6 is 0 Å². The van der Waals surface area contributed by atoms with Crippen LogP contribution in [0.4, 0.5) is 11.4 Å². The van der Waals surface area contributed by atoms with Gasteiger partial charge in [-0.05, 0) is 24.3 Å². The summed E-state index contributed by atoms with van der Waals surface area (Å²) in [4.78, 5) is 23.9. The average molecular weight is 270 g/mol. The number of hydrogen-bond acceptors (Lipinski definition) is 4. The van der Waals surface area contributed by atoms with Crippen LogP contribution in [0.3, 0.4) is 0 Å². The van der Waals surface area contributed by atoms with Crippen LogP contribution in [-0.2, 0) is 6.54 Å². The van der Waals surface area contributed by atoms with Gasteiger partial charge in [-0.3, -0.25) is 14.9 Å². The molecule has 0 saturated heterocycles. The Kier molecular flexibility index (Phi) is 2.64. The van der Waals surface area contributed by atoms with Gasteiger partial charge in [-0.1, -0.05) is 6.07 Å². The maximum atomic E-state index is 12.2. The van der Waals surface area contributed by atoms with Gasteiger partial charge in [0.1, 0.15) is 5.75 Å². The number of carbonyl (C=O) groups excluding carboxylic acids is 1. The van der Waals surface area contributed by atoms with E-state index in [-0.39, 0.29) is 23.9 Å². The second kappa shape index (κ2) is 4.34. The fourth-order valence-electron chi connectivity index (χ4n) is 2.28. The highest BCUT2D eigenvalue weighted by Crippen LogP contribution is 2.33. The fourth-order valence-corrected chi connectivity index (χ4v) is 2.28. The number of carbonyl (C=O) groups is 1. The lowest BCUT2D eigenvalue weighted by Crippen LogP contribution is -2.22. The summed E-state index contributed by atoms with van der Waals surface area (Å²) >= 11 is 0. The Hall–Kier alpha value is -2.89. The van der Waals surface area contributed by atoms with Gasteiger partial charge in [-0.2, -0.15) is 0 Å². The van der Waals surface area contributed by atoms with Gasteiger partial charge in [0, 0.05) is 28.9 Å². The van der Waals surface area contributed by atoms with Crippen molar-refractivity contribution in [1.82, 2.24) is 0 Å². The molecule has 1 N–H and O–H groups in total. The molecular formula is C14H10N2O4. The Morgan fingerprint density at radius 1 is 1.15 bits per heavy atom. The minimum atomic E-state index is -0.490. The van der Waals surface area contributed by atoms with Crippen molar-refractivity contribution in [2.45, 2.75) is 6.54 Å². The molecule has 0 atom stereocenters. The standard InChI is InChI=1S/C14H10N2O4/c17-13-3-1-2-11-12(13)8-15(14(11)18)9-4-6-10(7-5-9)16(19)20/h1-7,17H,8H2. The number of hydrogen-bond donors (Lipinski definition) is 1. The molecule has 1 aliphatic rings. The monoisotopic (exact) mass is 270 g/mol. The number of phenols is 1. The lowest BCUT2D eigenvalue weighted by Gasteiger charge is -2.15. The lowest BCUT2D eigenvalue weighted by atomic mass is 10.1. The minimum absolute atomic E-state index is 0.0271. The first-order valence-corrected chi connectivity index (χ1v) is 5.95. The summed E-state index contributed by atoms with van der Waals surface area (Å²) in [5.41, 5.74) is 1.58. The molecule has 1 heterocycles. The summed E-state index contributed by atoms with van der Waals surface area (Å²) in [5, 5.41) is 20.4. The van der Waals surface area contributed by atoms with E-state index in [2.05, 4.69) is 0 Å². The quantitative estimate of drug-likeness (QED) is 0.671. The van der Waals surface area contributed by atoms with E-state index in [0.717, 1.165) is 0 Å². The molecule has 0 aromatic heterocycles. The minimum Gasteiger partial charge on any atom is -0.508 e. The molecule has 1 amide bonds. The molecule has 0 aliphatic carbocycles. The van der Waals surface area contributed by atoms with Crippen molar-refractivity contribution in [2.24, 2.45) is 0 Å². The zero-order valence-corrected chi connectivity index (χ0v) is 10.3. The molecule has 0 bridgehead atoms. The van der Waals surface area contributed by atoms with Crippen LogP contribution in [-0.4, -0.2) is 15.9 Å². The molecule has 0 spiro atoms. The Morgan fingerprint density at radius 3 is 2.45 bits per heavy atom. The molecule has 2 aromatic carbocycles. The van der Waals surface area contributed by atoms with Gasteiger partial charge < -0.3 is 10.0 Å². The van der Waals surface area contributed by atoms with Crippen LogP contribution in [0.1, 0.15) is 15.9 Å². The third-order valence-electron chi connectivity index (χ3n) is 3.32. The van der Waals surface area contributed by atoms with E-state index in [0.29, 0.717) is 16.8 Å². The molecule has 0 saturated carbocycles. The predicted molar refractivity (Wildman–Crippen MR) is 71.7 cm³/mol.